The zero-order chi connectivity index (χ0) is 16.4. The number of rotatable bonds is 3. The molecule has 0 unspecified atom stereocenters. The van der Waals surface area contributed by atoms with Gasteiger partial charge in [0.2, 0.25) is 0 Å². The molecule has 0 spiro atoms. The van der Waals surface area contributed by atoms with E-state index < -0.39 is 0 Å². The molecule has 24 heavy (non-hydrogen) atoms. The number of cyclic esters (lactones) is 1. The van der Waals surface area contributed by atoms with Crippen LogP contribution < -0.4 is 4.90 Å². The molecular formula is C21H17NO2. The molecule has 3 aromatic carbocycles. The Labute approximate surface area is 141 Å². The highest BCUT2D eigenvalue weighted by Gasteiger charge is 2.21. The van der Waals surface area contributed by atoms with Gasteiger partial charge in [0.05, 0.1) is 12.2 Å². The van der Waals surface area contributed by atoms with Crippen LogP contribution in [-0.4, -0.2) is 12.6 Å². The third kappa shape index (κ3) is 2.65. The summed E-state index contributed by atoms with van der Waals surface area (Å²) in [5, 5.41) is 0. The average molecular weight is 315 g/mol. The highest BCUT2D eigenvalue weighted by molar-refractivity contribution is 5.94. The Morgan fingerprint density at radius 3 is 2.00 bits per heavy atom. The van der Waals surface area contributed by atoms with Crippen molar-refractivity contribution in [3.63, 3.8) is 0 Å². The van der Waals surface area contributed by atoms with Gasteiger partial charge in [-0.15, -0.1) is 0 Å². The van der Waals surface area contributed by atoms with Crippen molar-refractivity contribution in [3.05, 3.63) is 90.0 Å². The lowest BCUT2D eigenvalue weighted by Crippen LogP contribution is -2.19. The molecule has 0 bridgehead atoms. The summed E-state index contributed by atoms with van der Waals surface area (Å²) in [5.74, 6) is -0.237. The van der Waals surface area contributed by atoms with Gasteiger partial charge in [-0.2, -0.15) is 0 Å². The highest BCUT2D eigenvalue weighted by Crippen LogP contribution is 2.35. The van der Waals surface area contributed by atoms with E-state index in [1.807, 2.05) is 48.5 Å². The van der Waals surface area contributed by atoms with Crippen LogP contribution in [0.15, 0.2) is 78.9 Å². The van der Waals surface area contributed by atoms with Crippen molar-refractivity contribution in [1.29, 1.82) is 0 Å². The van der Waals surface area contributed by atoms with Gasteiger partial charge >= 0.3 is 5.97 Å². The standard InChI is InChI=1S/C21H17NO2/c23-21-20-15-19(12-11-16(20)13-14-24-21)22(17-7-3-1-4-8-17)18-9-5-2-6-10-18/h1-12,15H,13-14H2. The lowest BCUT2D eigenvalue weighted by molar-refractivity contribution is 0.0480. The van der Waals surface area contributed by atoms with Crippen LogP contribution in [-0.2, 0) is 11.2 Å². The van der Waals surface area contributed by atoms with E-state index in [2.05, 4.69) is 35.2 Å². The van der Waals surface area contributed by atoms with E-state index in [0.29, 0.717) is 12.2 Å². The SMILES string of the molecule is O=C1OCCc2ccc(N(c3ccccc3)c3ccccc3)cc21. The number of ether oxygens (including phenoxy) is 1. The summed E-state index contributed by atoms with van der Waals surface area (Å²) < 4.78 is 5.19. The Balaban J connectivity index is 1.86. The molecule has 1 aliphatic heterocycles. The lowest BCUT2D eigenvalue weighted by Gasteiger charge is -2.27. The molecule has 0 aromatic heterocycles. The van der Waals surface area contributed by atoms with Crippen molar-refractivity contribution in [2.75, 3.05) is 11.5 Å². The number of benzene rings is 3. The number of hydrogen-bond acceptors (Lipinski definition) is 3. The number of anilines is 3. The van der Waals surface area contributed by atoms with Crippen molar-refractivity contribution in [2.45, 2.75) is 6.42 Å². The fraction of sp³-hybridized carbons (Fsp3) is 0.0952. The van der Waals surface area contributed by atoms with Crippen LogP contribution in [0.1, 0.15) is 15.9 Å². The van der Waals surface area contributed by atoms with Gasteiger partial charge in [-0.3, -0.25) is 0 Å². The number of hydrogen-bond donors (Lipinski definition) is 0. The molecule has 4 rings (SSSR count). The first-order valence-corrected chi connectivity index (χ1v) is 8.03. The van der Waals surface area contributed by atoms with Crippen LogP contribution in [0.4, 0.5) is 17.1 Å². The van der Waals surface area contributed by atoms with Crippen LogP contribution in [0.25, 0.3) is 0 Å². The van der Waals surface area contributed by atoms with Gasteiger partial charge in [-0.05, 0) is 42.0 Å². The van der Waals surface area contributed by atoms with Crippen LogP contribution in [0.2, 0.25) is 0 Å². The van der Waals surface area contributed by atoms with E-state index in [4.69, 9.17) is 4.74 Å². The molecule has 0 N–H and O–H groups in total. The molecule has 0 atom stereocenters. The molecular weight excluding hydrogens is 298 g/mol. The Hall–Kier alpha value is -3.07. The molecule has 3 heteroatoms. The maximum Gasteiger partial charge on any atom is 0.338 e. The molecule has 118 valence electrons. The maximum absolute atomic E-state index is 12.1. The molecule has 0 aliphatic carbocycles. The Morgan fingerprint density at radius 1 is 0.750 bits per heavy atom. The summed E-state index contributed by atoms with van der Waals surface area (Å²) >= 11 is 0. The summed E-state index contributed by atoms with van der Waals surface area (Å²) in [6, 6.07) is 26.3. The van der Waals surface area contributed by atoms with E-state index in [1.54, 1.807) is 0 Å². The van der Waals surface area contributed by atoms with Crippen LogP contribution >= 0.6 is 0 Å². The second-order valence-corrected chi connectivity index (χ2v) is 5.73. The zero-order valence-corrected chi connectivity index (χ0v) is 13.2. The van der Waals surface area contributed by atoms with E-state index in [0.717, 1.165) is 29.0 Å². The quantitative estimate of drug-likeness (QED) is 0.646. The van der Waals surface area contributed by atoms with Crippen LogP contribution in [0.5, 0.6) is 0 Å². The summed E-state index contributed by atoms with van der Waals surface area (Å²) in [6.45, 7) is 0.465. The van der Waals surface area contributed by atoms with Crippen molar-refractivity contribution in [1.82, 2.24) is 0 Å². The summed E-state index contributed by atoms with van der Waals surface area (Å²) in [6.07, 6.45) is 0.776. The number of carbonyl (C=O) groups is 1. The number of para-hydroxylation sites is 2. The minimum absolute atomic E-state index is 0.237. The lowest BCUT2D eigenvalue weighted by atomic mass is 10.0. The minimum atomic E-state index is -0.237. The van der Waals surface area contributed by atoms with E-state index in [9.17, 15) is 4.79 Å². The maximum atomic E-state index is 12.1. The molecule has 0 saturated heterocycles. The molecule has 0 fully saturated rings. The van der Waals surface area contributed by atoms with Crippen molar-refractivity contribution in [2.24, 2.45) is 0 Å². The van der Waals surface area contributed by atoms with Gasteiger partial charge in [0, 0.05) is 23.5 Å². The minimum Gasteiger partial charge on any atom is -0.462 e. The number of carbonyl (C=O) groups excluding carboxylic acids is 1. The average Bonchev–Trinajstić information content (AvgIpc) is 2.64. The van der Waals surface area contributed by atoms with Gasteiger partial charge in [0.25, 0.3) is 0 Å². The van der Waals surface area contributed by atoms with Crippen molar-refractivity contribution < 1.29 is 9.53 Å². The summed E-state index contributed by atoms with van der Waals surface area (Å²) in [4.78, 5) is 14.2. The Morgan fingerprint density at radius 2 is 1.38 bits per heavy atom. The van der Waals surface area contributed by atoms with Crippen molar-refractivity contribution >= 4 is 23.0 Å². The molecule has 1 heterocycles. The highest BCUT2D eigenvalue weighted by atomic mass is 16.5. The smallest absolute Gasteiger partial charge is 0.338 e. The first kappa shape index (κ1) is 14.5. The first-order valence-electron chi connectivity index (χ1n) is 8.03. The van der Waals surface area contributed by atoms with Crippen LogP contribution in [0, 0.1) is 0 Å². The number of fused-ring (bicyclic) bond motifs is 1. The second-order valence-electron chi connectivity index (χ2n) is 5.73. The third-order valence-electron chi connectivity index (χ3n) is 4.20. The third-order valence-corrected chi connectivity index (χ3v) is 4.20. The fourth-order valence-corrected chi connectivity index (χ4v) is 3.04. The fourth-order valence-electron chi connectivity index (χ4n) is 3.04. The normalized spacial score (nSPS) is 13.1. The molecule has 3 aromatic rings. The number of esters is 1. The molecule has 0 saturated carbocycles. The van der Waals surface area contributed by atoms with Gasteiger partial charge in [-0.25, -0.2) is 4.79 Å². The van der Waals surface area contributed by atoms with Gasteiger partial charge in [-0.1, -0.05) is 42.5 Å². The van der Waals surface area contributed by atoms with E-state index >= 15 is 0 Å². The first-order chi connectivity index (χ1) is 11.8. The van der Waals surface area contributed by atoms with Crippen molar-refractivity contribution in [3.8, 4) is 0 Å². The number of nitrogens with zero attached hydrogens (tertiary/aromatic N) is 1. The molecule has 0 radical (unpaired) electrons. The molecule has 3 nitrogen and oxygen atoms in total. The predicted molar refractivity (Wildman–Crippen MR) is 95.1 cm³/mol. The summed E-state index contributed by atoms with van der Waals surface area (Å²) in [5.41, 5.74) is 4.76. The Kier molecular flexibility index (Phi) is 3.75. The van der Waals surface area contributed by atoms with E-state index in [-0.39, 0.29) is 5.97 Å². The van der Waals surface area contributed by atoms with Gasteiger partial charge in [0.1, 0.15) is 0 Å². The summed E-state index contributed by atoms with van der Waals surface area (Å²) in [7, 11) is 0. The van der Waals surface area contributed by atoms with E-state index in [1.165, 1.54) is 0 Å². The molecule has 1 aliphatic rings. The monoisotopic (exact) mass is 315 g/mol. The molecule has 0 amide bonds. The van der Waals surface area contributed by atoms with Gasteiger partial charge in [0.15, 0.2) is 0 Å². The second kappa shape index (κ2) is 6.20. The topological polar surface area (TPSA) is 29.5 Å². The largest absolute Gasteiger partial charge is 0.462 e. The van der Waals surface area contributed by atoms with Crippen LogP contribution in [0.3, 0.4) is 0 Å². The predicted octanol–water partition coefficient (Wildman–Crippen LogP) is 4.87. The zero-order valence-electron chi connectivity index (χ0n) is 13.2. The van der Waals surface area contributed by atoms with Gasteiger partial charge < -0.3 is 9.64 Å². The Bertz CT molecular complexity index is 820.